The molecule has 22 heavy (non-hydrogen) atoms. The molecular weight excluding hydrogens is 287 g/mol. The Labute approximate surface area is 129 Å². The van der Waals surface area contributed by atoms with Gasteiger partial charge < -0.3 is 18.9 Å². The molecule has 2 aliphatic heterocycles. The zero-order valence-corrected chi connectivity index (χ0v) is 12.6. The van der Waals surface area contributed by atoms with Crippen molar-refractivity contribution in [3.63, 3.8) is 0 Å². The van der Waals surface area contributed by atoms with Gasteiger partial charge in [-0.15, -0.1) is 0 Å². The van der Waals surface area contributed by atoms with Crippen molar-refractivity contribution in [2.75, 3.05) is 26.4 Å². The third-order valence-electron chi connectivity index (χ3n) is 3.86. The van der Waals surface area contributed by atoms with Gasteiger partial charge in [0.2, 0.25) is 0 Å². The van der Waals surface area contributed by atoms with Crippen molar-refractivity contribution in [2.24, 2.45) is 11.8 Å². The first-order valence-electron chi connectivity index (χ1n) is 7.61. The molecule has 0 unspecified atom stereocenters. The SMILES string of the molecule is CC=CC1COC(C2COC(c3ccc(F)cc3)OC2)OC1. The summed E-state index contributed by atoms with van der Waals surface area (Å²) in [6.07, 6.45) is 3.37. The molecule has 1 aromatic carbocycles. The number of rotatable bonds is 3. The summed E-state index contributed by atoms with van der Waals surface area (Å²) < 4.78 is 35.9. The first-order valence-corrected chi connectivity index (χ1v) is 7.61. The summed E-state index contributed by atoms with van der Waals surface area (Å²) in [4.78, 5) is 0. The molecule has 0 aromatic heterocycles. The zero-order chi connectivity index (χ0) is 15.4. The Bertz CT molecular complexity index is 486. The minimum absolute atomic E-state index is 0.0586. The molecule has 0 amide bonds. The minimum atomic E-state index is -0.448. The van der Waals surface area contributed by atoms with Gasteiger partial charge in [0, 0.05) is 11.5 Å². The Hall–Kier alpha value is -1.27. The van der Waals surface area contributed by atoms with E-state index < -0.39 is 6.29 Å². The molecule has 0 bridgehead atoms. The molecule has 3 rings (SSSR count). The number of allylic oxidation sites excluding steroid dienone is 1. The fourth-order valence-electron chi connectivity index (χ4n) is 2.68. The Morgan fingerprint density at radius 1 is 0.955 bits per heavy atom. The highest BCUT2D eigenvalue weighted by atomic mass is 19.1. The molecule has 5 heteroatoms. The standard InChI is InChI=1S/C17H21FO4/c1-2-3-12-8-19-17(20-9-12)14-10-21-16(22-11-14)13-4-6-15(18)7-5-13/h2-7,12,14,16-17H,8-11H2,1H3. The van der Waals surface area contributed by atoms with Crippen molar-refractivity contribution in [3.05, 3.63) is 47.8 Å². The summed E-state index contributed by atoms with van der Waals surface area (Å²) in [6, 6.07) is 6.16. The average Bonchev–Trinajstić information content (AvgIpc) is 2.57. The van der Waals surface area contributed by atoms with Crippen LogP contribution >= 0.6 is 0 Å². The van der Waals surface area contributed by atoms with E-state index in [9.17, 15) is 4.39 Å². The Kier molecular flexibility index (Phi) is 5.20. The average molecular weight is 308 g/mol. The quantitative estimate of drug-likeness (QED) is 0.804. The van der Waals surface area contributed by atoms with Crippen molar-refractivity contribution >= 4 is 0 Å². The van der Waals surface area contributed by atoms with Crippen LogP contribution in [0.25, 0.3) is 0 Å². The molecule has 2 fully saturated rings. The fraction of sp³-hybridized carbons (Fsp3) is 0.529. The first-order chi connectivity index (χ1) is 10.8. The second-order valence-corrected chi connectivity index (χ2v) is 5.63. The first kappa shape index (κ1) is 15.6. The Morgan fingerprint density at radius 3 is 2.18 bits per heavy atom. The van der Waals surface area contributed by atoms with E-state index >= 15 is 0 Å². The van der Waals surface area contributed by atoms with E-state index in [1.54, 1.807) is 12.1 Å². The molecule has 0 radical (unpaired) electrons. The molecule has 120 valence electrons. The third kappa shape index (κ3) is 3.73. The highest BCUT2D eigenvalue weighted by Crippen LogP contribution is 2.29. The summed E-state index contributed by atoms with van der Waals surface area (Å²) in [5, 5.41) is 0. The lowest BCUT2D eigenvalue weighted by Crippen LogP contribution is -2.42. The van der Waals surface area contributed by atoms with Crippen molar-refractivity contribution in [1.82, 2.24) is 0 Å². The molecule has 0 spiro atoms. The number of benzene rings is 1. The van der Waals surface area contributed by atoms with E-state index in [0.29, 0.717) is 32.3 Å². The van der Waals surface area contributed by atoms with E-state index in [1.165, 1.54) is 12.1 Å². The van der Waals surface area contributed by atoms with Crippen molar-refractivity contribution in [3.8, 4) is 0 Å². The number of hydrogen-bond acceptors (Lipinski definition) is 4. The maximum absolute atomic E-state index is 12.9. The van der Waals surface area contributed by atoms with Gasteiger partial charge in [0.05, 0.1) is 32.3 Å². The summed E-state index contributed by atoms with van der Waals surface area (Å²) >= 11 is 0. The summed E-state index contributed by atoms with van der Waals surface area (Å²) in [6.45, 7) is 4.31. The normalized spacial score (nSPS) is 33.2. The van der Waals surface area contributed by atoms with Gasteiger partial charge in [-0.2, -0.15) is 0 Å². The maximum Gasteiger partial charge on any atom is 0.183 e. The van der Waals surface area contributed by atoms with Crippen LogP contribution in [0.4, 0.5) is 4.39 Å². The molecule has 0 saturated carbocycles. The molecular formula is C17H21FO4. The van der Waals surface area contributed by atoms with Crippen LogP contribution in [0.15, 0.2) is 36.4 Å². The van der Waals surface area contributed by atoms with Gasteiger partial charge >= 0.3 is 0 Å². The minimum Gasteiger partial charge on any atom is -0.351 e. The second kappa shape index (κ2) is 7.33. The lowest BCUT2D eigenvalue weighted by molar-refractivity contribution is -0.280. The van der Waals surface area contributed by atoms with Crippen LogP contribution in [0, 0.1) is 17.7 Å². The third-order valence-corrected chi connectivity index (χ3v) is 3.86. The smallest absolute Gasteiger partial charge is 0.183 e. The highest BCUT2D eigenvalue weighted by molar-refractivity contribution is 5.17. The molecule has 2 heterocycles. The Balaban J connectivity index is 1.49. The van der Waals surface area contributed by atoms with Crippen LogP contribution in [0.1, 0.15) is 18.8 Å². The van der Waals surface area contributed by atoms with Gasteiger partial charge in [-0.1, -0.05) is 24.3 Å². The van der Waals surface area contributed by atoms with E-state index in [2.05, 4.69) is 6.08 Å². The number of ether oxygens (including phenoxy) is 4. The van der Waals surface area contributed by atoms with Gasteiger partial charge in [0.1, 0.15) is 5.82 Å². The van der Waals surface area contributed by atoms with E-state index in [0.717, 1.165) is 5.56 Å². The van der Waals surface area contributed by atoms with Crippen LogP contribution in [-0.4, -0.2) is 32.7 Å². The van der Waals surface area contributed by atoms with E-state index in [-0.39, 0.29) is 18.0 Å². The predicted octanol–water partition coefficient (Wildman–Crippen LogP) is 3.05. The largest absolute Gasteiger partial charge is 0.351 e. The lowest BCUT2D eigenvalue weighted by atomic mass is 10.1. The zero-order valence-electron chi connectivity index (χ0n) is 12.6. The van der Waals surface area contributed by atoms with Gasteiger partial charge in [0.25, 0.3) is 0 Å². The highest BCUT2D eigenvalue weighted by Gasteiger charge is 2.33. The van der Waals surface area contributed by atoms with E-state index in [1.807, 2.05) is 13.0 Å². The summed E-state index contributed by atoms with van der Waals surface area (Å²) in [7, 11) is 0. The Morgan fingerprint density at radius 2 is 1.59 bits per heavy atom. The van der Waals surface area contributed by atoms with Gasteiger partial charge in [0.15, 0.2) is 12.6 Å². The number of halogens is 1. The molecule has 2 saturated heterocycles. The molecule has 2 aliphatic rings. The van der Waals surface area contributed by atoms with Crippen molar-refractivity contribution in [1.29, 1.82) is 0 Å². The van der Waals surface area contributed by atoms with E-state index in [4.69, 9.17) is 18.9 Å². The van der Waals surface area contributed by atoms with Crippen LogP contribution < -0.4 is 0 Å². The summed E-state index contributed by atoms with van der Waals surface area (Å²) in [5.41, 5.74) is 0.818. The molecule has 4 nitrogen and oxygen atoms in total. The second-order valence-electron chi connectivity index (χ2n) is 5.63. The van der Waals surface area contributed by atoms with Crippen LogP contribution in [-0.2, 0) is 18.9 Å². The van der Waals surface area contributed by atoms with Crippen LogP contribution in [0.2, 0.25) is 0 Å². The van der Waals surface area contributed by atoms with Crippen LogP contribution in [0.5, 0.6) is 0 Å². The van der Waals surface area contributed by atoms with Gasteiger partial charge in [-0.05, 0) is 19.1 Å². The molecule has 0 N–H and O–H groups in total. The molecule has 1 aromatic rings. The monoisotopic (exact) mass is 308 g/mol. The van der Waals surface area contributed by atoms with Crippen molar-refractivity contribution in [2.45, 2.75) is 19.5 Å². The number of hydrogen-bond donors (Lipinski definition) is 0. The van der Waals surface area contributed by atoms with Crippen molar-refractivity contribution < 1.29 is 23.3 Å². The summed E-state index contributed by atoms with van der Waals surface area (Å²) in [5.74, 6) is 0.110. The predicted molar refractivity (Wildman–Crippen MR) is 78.5 cm³/mol. The van der Waals surface area contributed by atoms with Gasteiger partial charge in [-0.25, -0.2) is 4.39 Å². The molecule has 0 aliphatic carbocycles. The lowest BCUT2D eigenvalue weighted by Gasteiger charge is -2.37. The molecule has 0 atom stereocenters. The fourth-order valence-corrected chi connectivity index (χ4v) is 2.68. The topological polar surface area (TPSA) is 36.9 Å². The van der Waals surface area contributed by atoms with Gasteiger partial charge in [-0.3, -0.25) is 0 Å². The van der Waals surface area contributed by atoms with Crippen LogP contribution in [0.3, 0.4) is 0 Å². The maximum atomic E-state index is 12.9.